The molecule has 0 bridgehead atoms. The third kappa shape index (κ3) is 2.97. The van der Waals surface area contributed by atoms with Gasteiger partial charge in [0.25, 0.3) is 0 Å². The molecule has 0 heterocycles. The highest BCUT2D eigenvalue weighted by Gasteiger charge is 2.12. The summed E-state index contributed by atoms with van der Waals surface area (Å²) in [5.41, 5.74) is 0.965. The lowest BCUT2D eigenvalue weighted by atomic mass is 10.2. The Hall–Kier alpha value is -0.0600. The minimum atomic E-state index is -3.22. The van der Waals surface area contributed by atoms with Gasteiger partial charge in [-0.3, -0.25) is 0 Å². The molecule has 0 unspecified atom stereocenters. The van der Waals surface area contributed by atoms with E-state index in [1.807, 2.05) is 6.07 Å². The molecule has 1 aromatic carbocycles. The van der Waals surface area contributed by atoms with Crippen molar-refractivity contribution in [3.05, 3.63) is 28.8 Å². The van der Waals surface area contributed by atoms with Crippen molar-refractivity contribution in [3.63, 3.8) is 0 Å². The molecule has 0 amide bonds. The average molecular weight is 298 g/mol. The predicted octanol–water partition coefficient (Wildman–Crippen LogP) is 2.68. The van der Waals surface area contributed by atoms with Crippen molar-refractivity contribution in [1.82, 2.24) is 0 Å². The quantitative estimate of drug-likeness (QED) is 0.804. The molecule has 0 N–H and O–H groups in total. The van der Waals surface area contributed by atoms with Gasteiger partial charge in [-0.1, -0.05) is 33.6 Å². The molecule has 0 radical (unpaired) electrons. The van der Waals surface area contributed by atoms with Crippen LogP contribution < -0.4 is 0 Å². The summed E-state index contributed by atoms with van der Waals surface area (Å²) in [6.45, 7) is 0. The van der Waals surface area contributed by atoms with E-state index in [1.54, 1.807) is 12.1 Å². The van der Waals surface area contributed by atoms with Gasteiger partial charge in [-0.2, -0.15) is 0 Å². The maximum atomic E-state index is 11.3. The Morgan fingerprint density at radius 1 is 1.43 bits per heavy atom. The number of hydrogen-bond acceptors (Lipinski definition) is 2. The van der Waals surface area contributed by atoms with Gasteiger partial charge in [0.15, 0.2) is 9.84 Å². The van der Waals surface area contributed by atoms with Gasteiger partial charge in [0, 0.05) is 11.6 Å². The van der Waals surface area contributed by atoms with Crippen LogP contribution >= 0.6 is 27.5 Å². The standard InChI is InChI=1S/C9H10BrClO2S/c1-14(12,13)9-6-7(4-5-10)2-3-8(9)11/h2-3,6H,4-5H2,1H3. The van der Waals surface area contributed by atoms with Crippen molar-refractivity contribution in [2.45, 2.75) is 11.3 Å². The van der Waals surface area contributed by atoms with Gasteiger partial charge < -0.3 is 0 Å². The van der Waals surface area contributed by atoms with Crippen molar-refractivity contribution < 1.29 is 8.42 Å². The van der Waals surface area contributed by atoms with Crippen LogP contribution in [0.4, 0.5) is 0 Å². The lowest BCUT2D eigenvalue weighted by molar-refractivity contribution is 0.602. The molecule has 0 aliphatic carbocycles. The number of sulfone groups is 1. The van der Waals surface area contributed by atoms with Crippen LogP contribution in [-0.4, -0.2) is 20.0 Å². The molecule has 78 valence electrons. The second-order valence-corrected chi connectivity index (χ2v) is 6.16. The second kappa shape index (κ2) is 4.64. The van der Waals surface area contributed by atoms with E-state index >= 15 is 0 Å². The van der Waals surface area contributed by atoms with Gasteiger partial charge in [0.1, 0.15) is 0 Å². The first-order chi connectivity index (χ1) is 6.45. The summed E-state index contributed by atoms with van der Waals surface area (Å²) in [4.78, 5) is 0.206. The largest absolute Gasteiger partial charge is 0.224 e. The van der Waals surface area contributed by atoms with Crippen molar-refractivity contribution in [3.8, 4) is 0 Å². The molecule has 0 saturated carbocycles. The minimum absolute atomic E-state index is 0.206. The molecular formula is C9H10BrClO2S. The first-order valence-electron chi connectivity index (χ1n) is 3.99. The molecule has 0 saturated heterocycles. The zero-order valence-electron chi connectivity index (χ0n) is 7.63. The monoisotopic (exact) mass is 296 g/mol. The van der Waals surface area contributed by atoms with Crippen LogP contribution in [0.25, 0.3) is 0 Å². The van der Waals surface area contributed by atoms with Gasteiger partial charge in [-0.15, -0.1) is 0 Å². The molecule has 5 heteroatoms. The smallest absolute Gasteiger partial charge is 0.177 e. The Labute approximate surface area is 97.3 Å². The molecule has 0 spiro atoms. The SMILES string of the molecule is CS(=O)(=O)c1cc(CCBr)ccc1Cl. The highest BCUT2D eigenvalue weighted by Crippen LogP contribution is 2.22. The maximum Gasteiger partial charge on any atom is 0.177 e. The van der Waals surface area contributed by atoms with E-state index in [0.717, 1.165) is 23.6 Å². The fourth-order valence-corrected chi connectivity index (χ4v) is 2.88. The summed E-state index contributed by atoms with van der Waals surface area (Å²) >= 11 is 9.09. The summed E-state index contributed by atoms with van der Waals surface area (Å²) in [6.07, 6.45) is 1.95. The van der Waals surface area contributed by atoms with Gasteiger partial charge in [-0.25, -0.2) is 8.42 Å². The van der Waals surface area contributed by atoms with E-state index in [9.17, 15) is 8.42 Å². The normalized spacial score (nSPS) is 11.6. The van der Waals surface area contributed by atoms with Crippen LogP contribution in [0.5, 0.6) is 0 Å². The topological polar surface area (TPSA) is 34.1 Å². The third-order valence-electron chi connectivity index (χ3n) is 1.78. The fraction of sp³-hybridized carbons (Fsp3) is 0.333. The summed E-state index contributed by atoms with van der Waals surface area (Å²) in [5, 5.41) is 1.09. The van der Waals surface area contributed by atoms with Crippen LogP contribution in [0, 0.1) is 0 Å². The lowest BCUT2D eigenvalue weighted by Crippen LogP contribution is -1.99. The molecule has 0 aromatic heterocycles. The van der Waals surface area contributed by atoms with Crippen LogP contribution in [0.15, 0.2) is 23.1 Å². The molecule has 0 aliphatic heterocycles. The number of rotatable bonds is 3. The molecule has 0 atom stereocenters. The average Bonchev–Trinajstić information content (AvgIpc) is 2.07. The first kappa shape index (κ1) is 12.0. The summed E-state index contributed by atoms with van der Waals surface area (Å²) in [5.74, 6) is 0. The van der Waals surface area contributed by atoms with E-state index in [1.165, 1.54) is 0 Å². The summed E-state index contributed by atoms with van der Waals surface area (Å²) < 4.78 is 22.6. The molecule has 0 aliphatic rings. The molecule has 0 fully saturated rings. The third-order valence-corrected chi connectivity index (χ3v) is 3.75. The zero-order chi connectivity index (χ0) is 10.8. The van der Waals surface area contributed by atoms with E-state index in [0.29, 0.717) is 0 Å². The number of halogens is 2. The van der Waals surface area contributed by atoms with Gasteiger partial charge in [0.05, 0.1) is 9.92 Å². The van der Waals surface area contributed by atoms with Gasteiger partial charge in [-0.05, 0) is 24.1 Å². The van der Waals surface area contributed by atoms with Crippen LogP contribution in [-0.2, 0) is 16.3 Å². The summed E-state index contributed by atoms with van der Waals surface area (Å²) in [7, 11) is -3.22. The number of alkyl halides is 1. The molecule has 2 nitrogen and oxygen atoms in total. The predicted molar refractivity (Wildman–Crippen MR) is 62.1 cm³/mol. The molecule has 1 aromatic rings. The van der Waals surface area contributed by atoms with Crippen molar-refractivity contribution in [2.24, 2.45) is 0 Å². The molecule has 1 rings (SSSR count). The van der Waals surface area contributed by atoms with Crippen LogP contribution in [0.3, 0.4) is 0 Å². The zero-order valence-corrected chi connectivity index (χ0v) is 10.8. The Morgan fingerprint density at radius 2 is 2.07 bits per heavy atom. The lowest BCUT2D eigenvalue weighted by Gasteiger charge is -2.04. The van der Waals surface area contributed by atoms with E-state index in [4.69, 9.17) is 11.6 Å². The highest BCUT2D eigenvalue weighted by atomic mass is 79.9. The van der Waals surface area contributed by atoms with Gasteiger partial charge >= 0.3 is 0 Å². The Bertz CT molecular complexity index is 428. The minimum Gasteiger partial charge on any atom is -0.224 e. The van der Waals surface area contributed by atoms with E-state index in [2.05, 4.69) is 15.9 Å². The summed E-state index contributed by atoms with van der Waals surface area (Å²) in [6, 6.07) is 5.08. The fourth-order valence-electron chi connectivity index (χ4n) is 1.10. The first-order valence-corrected chi connectivity index (χ1v) is 7.38. The van der Waals surface area contributed by atoms with Crippen molar-refractivity contribution >= 4 is 37.4 Å². The number of aryl methyl sites for hydroxylation is 1. The number of benzene rings is 1. The van der Waals surface area contributed by atoms with Crippen molar-refractivity contribution in [1.29, 1.82) is 0 Å². The highest BCUT2D eigenvalue weighted by molar-refractivity contribution is 9.09. The maximum absolute atomic E-state index is 11.3. The second-order valence-electron chi connectivity index (χ2n) is 2.98. The number of hydrogen-bond donors (Lipinski definition) is 0. The Balaban J connectivity index is 3.22. The molecule has 14 heavy (non-hydrogen) atoms. The van der Waals surface area contributed by atoms with Crippen LogP contribution in [0.1, 0.15) is 5.56 Å². The Morgan fingerprint density at radius 3 is 2.57 bits per heavy atom. The van der Waals surface area contributed by atoms with Crippen molar-refractivity contribution in [2.75, 3.05) is 11.6 Å². The van der Waals surface area contributed by atoms with E-state index < -0.39 is 9.84 Å². The Kier molecular flexibility index (Phi) is 3.98. The molecular weight excluding hydrogens is 288 g/mol. The van der Waals surface area contributed by atoms with Gasteiger partial charge in [0.2, 0.25) is 0 Å². The van der Waals surface area contributed by atoms with Crippen LogP contribution in [0.2, 0.25) is 5.02 Å². The van der Waals surface area contributed by atoms with E-state index in [-0.39, 0.29) is 9.92 Å².